The summed E-state index contributed by atoms with van der Waals surface area (Å²) in [5.41, 5.74) is 12.2. The van der Waals surface area contributed by atoms with Gasteiger partial charge in [-0.2, -0.15) is 0 Å². The summed E-state index contributed by atoms with van der Waals surface area (Å²) in [6.45, 7) is 4.70. The molecule has 1 aliphatic carbocycles. The minimum absolute atomic E-state index is 0.0568. The third kappa shape index (κ3) is 3.82. The first-order valence-electron chi connectivity index (χ1n) is 15.6. The minimum atomic E-state index is -0.0568. The van der Waals surface area contributed by atoms with E-state index in [1.807, 2.05) is 18.6 Å². The van der Waals surface area contributed by atoms with Gasteiger partial charge in [-0.25, -0.2) is 0 Å². The van der Waals surface area contributed by atoms with Crippen LogP contribution in [0.5, 0.6) is 0 Å². The molecule has 0 amide bonds. The Morgan fingerprint density at radius 1 is 0.444 bits per heavy atom. The van der Waals surface area contributed by atoms with Crippen LogP contribution in [0.25, 0.3) is 77.0 Å². The van der Waals surface area contributed by atoms with Crippen LogP contribution in [0.1, 0.15) is 25.0 Å². The molecule has 2 heteroatoms. The van der Waals surface area contributed by atoms with Crippen LogP contribution >= 0.6 is 0 Å². The Labute approximate surface area is 262 Å². The van der Waals surface area contributed by atoms with E-state index >= 15 is 0 Å². The molecule has 0 aliphatic heterocycles. The molecule has 0 unspecified atom stereocenters. The molecule has 0 saturated heterocycles. The van der Waals surface area contributed by atoms with E-state index in [1.165, 1.54) is 65.9 Å². The first kappa shape index (κ1) is 25.9. The fourth-order valence-electron chi connectivity index (χ4n) is 7.62. The normalized spacial score (nSPS) is 13.3. The summed E-state index contributed by atoms with van der Waals surface area (Å²) in [5.74, 6) is 0. The highest BCUT2D eigenvalue weighted by molar-refractivity contribution is 6.21. The molecule has 2 nitrogen and oxygen atoms in total. The lowest BCUT2D eigenvalue weighted by atomic mass is 9.80. The maximum Gasteiger partial charge on any atom is 0.0714 e. The summed E-state index contributed by atoms with van der Waals surface area (Å²) in [5, 5.41) is 7.21. The molecule has 0 atom stereocenters. The van der Waals surface area contributed by atoms with E-state index in [0.29, 0.717) is 0 Å². The summed E-state index contributed by atoms with van der Waals surface area (Å²) in [6, 6.07) is 46.3. The van der Waals surface area contributed by atoms with Crippen molar-refractivity contribution in [1.82, 2.24) is 9.97 Å². The smallest absolute Gasteiger partial charge is 0.0714 e. The van der Waals surface area contributed by atoms with Crippen LogP contribution in [0.4, 0.5) is 0 Å². The molecule has 0 radical (unpaired) electrons. The molecule has 8 aromatic rings. The fraction of sp³-hybridized carbons (Fsp3) is 0.0698. The number of nitrogens with zero attached hydrogens (tertiary/aromatic N) is 2. The molecule has 1 aliphatic rings. The van der Waals surface area contributed by atoms with Crippen LogP contribution in [0.15, 0.2) is 146 Å². The number of fused-ring (bicyclic) bond motifs is 6. The molecule has 2 aromatic heterocycles. The maximum absolute atomic E-state index is 5.10. The van der Waals surface area contributed by atoms with Crippen molar-refractivity contribution >= 4 is 32.3 Å². The van der Waals surface area contributed by atoms with Crippen LogP contribution in [-0.4, -0.2) is 9.97 Å². The highest BCUT2D eigenvalue weighted by Gasteiger charge is 2.35. The standard InChI is InChI=1S/C43H30N2/c1-43(2)38-18-10-9-13-31(38)32-21-19-27(23-39(32)43)41-33-14-5-7-16-35(33)42(36-17-8-6-15-34(36)41)40-22-20-29(25-45-40)37-26-44-24-28-11-3-4-12-30(28)37/h3-26H,1-2H3. The van der Waals surface area contributed by atoms with Crippen LogP contribution in [0.2, 0.25) is 0 Å². The predicted octanol–water partition coefficient (Wildman–Crippen LogP) is 11.2. The number of benzene rings is 6. The summed E-state index contributed by atoms with van der Waals surface area (Å²) < 4.78 is 0. The van der Waals surface area contributed by atoms with Crippen LogP contribution in [0, 0.1) is 0 Å². The van der Waals surface area contributed by atoms with Crippen molar-refractivity contribution in [2.45, 2.75) is 19.3 Å². The summed E-state index contributed by atoms with van der Waals surface area (Å²) >= 11 is 0. The largest absolute Gasteiger partial charge is 0.263 e. The zero-order valence-corrected chi connectivity index (χ0v) is 25.3. The number of hydrogen-bond acceptors (Lipinski definition) is 2. The molecule has 0 saturated carbocycles. The van der Waals surface area contributed by atoms with Crippen LogP contribution in [0.3, 0.4) is 0 Å². The Kier molecular flexibility index (Phi) is 5.58. The third-order valence-corrected chi connectivity index (χ3v) is 9.80. The van der Waals surface area contributed by atoms with E-state index in [-0.39, 0.29) is 5.41 Å². The molecule has 9 rings (SSSR count). The average Bonchev–Trinajstić information content (AvgIpc) is 3.32. The van der Waals surface area contributed by atoms with Gasteiger partial charge < -0.3 is 0 Å². The van der Waals surface area contributed by atoms with Gasteiger partial charge in [0.25, 0.3) is 0 Å². The van der Waals surface area contributed by atoms with Crippen molar-refractivity contribution in [2.24, 2.45) is 0 Å². The second-order valence-electron chi connectivity index (χ2n) is 12.6. The van der Waals surface area contributed by atoms with Gasteiger partial charge in [0.05, 0.1) is 5.69 Å². The van der Waals surface area contributed by atoms with E-state index in [9.17, 15) is 0 Å². The molecule has 0 fully saturated rings. The number of hydrogen-bond donors (Lipinski definition) is 0. The van der Waals surface area contributed by atoms with E-state index in [0.717, 1.165) is 22.2 Å². The van der Waals surface area contributed by atoms with Gasteiger partial charge in [0.1, 0.15) is 0 Å². The first-order chi connectivity index (χ1) is 22.1. The second-order valence-corrected chi connectivity index (χ2v) is 12.6. The van der Waals surface area contributed by atoms with E-state index in [1.54, 1.807) is 0 Å². The Bertz CT molecular complexity index is 2390. The SMILES string of the molecule is CC1(C)c2ccccc2-c2ccc(-c3c4ccccc4c(-c4ccc(-c5cncc6ccccc56)cn4)c4ccccc34)cc21. The van der Waals surface area contributed by atoms with E-state index in [4.69, 9.17) is 4.98 Å². The first-order valence-corrected chi connectivity index (χ1v) is 15.6. The zero-order valence-electron chi connectivity index (χ0n) is 25.3. The molecule has 0 bridgehead atoms. The highest BCUT2D eigenvalue weighted by Crippen LogP contribution is 2.51. The molecule has 45 heavy (non-hydrogen) atoms. The van der Waals surface area contributed by atoms with Gasteiger partial charge in [-0.3, -0.25) is 9.97 Å². The lowest BCUT2D eigenvalue weighted by Crippen LogP contribution is -2.14. The Morgan fingerprint density at radius 2 is 1.04 bits per heavy atom. The summed E-state index contributed by atoms with van der Waals surface area (Å²) in [7, 11) is 0. The summed E-state index contributed by atoms with van der Waals surface area (Å²) in [6.07, 6.45) is 5.85. The fourth-order valence-corrected chi connectivity index (χ4v) is 7.62. The van der Waals surface area contributed by atoms with Crippen molar-refractivity contribution in [2.75, 3.05) is 0 Å². The van der Waals surface area contributed by atoms with Crippen molar-refractivity contribution < 1.29 is 0 Å². The van der Waals surface area contributed by atoms with Crippen molar-refractivity contribution in [1.29, 1.82) is 0 Å². The summed E-state index contributed by atoms with van der Waals surface area (Å²) in [4.78, 5) is 9.60. The Balaban J connectivity index is 1.25. The number of pyridine rings is 2. The van der Waals surface area contributed by atoms with Crippen molar-refractivity contribution in [3.8, 4) is 44.6 Å². The Hall–Kier alpha value is -5.60. The lowest BCUT2D eigenvalue weighted by molar-refractivity contribution is 0.660. The topological polar surface area (TPSA) is 25.8 Å². The van der Waals surface area contributed by atoms with Gasteiger partial charge in [0.15, 0.2) is 0 Å². The van der Waals surface area contributed by atoms with Gasteiger partial charge in [0, 0.05) is 46.1 Å². The average molecular weight is 575 g/mol. The molecular weight excluding hydrogens is 544 g/mol. The molecule has 0 N–H and O–H groups in total. The molecule has 212 valence electrons. The number of aromatic nitrogens is 2. The lowest BCUT2D eigenvalue weighted by Gasteiger charge is -2.23. The highest BCUT2D eigenvalue weighted by atomic mass is 14.7. The van der Waals surface area contributed by atoms with Crippen LogP contribution < -0.4 is 0 Å². The van der Waals surface area contributed by atoms with Gasteiger partial charge >= 0.3 is 0 Å². The predicted molar refractivity (Wildman–Crippen MR) is 188 cm³/mol. The van der Waals surface area contributed by atoms with Gasteiger partial charge in [0.2, 0.25) is 0 Å². The second kappa shape index (κ2) is 9.70. The maximum atomic E-state index is 5.10. The molecule has 2 heterocycles. The van der Waals surface area contributed by atoms with Crippen molar-refractivity contribution in [3.05, 3.63) is 157 Å². The van der Waals surface area contributed by atoms with Crippen LogP contribution in [-0.2, 0) is 5.41 Å². The van der Waals surface area contributed by atoms with Gasteiger partial charge in [-0.05, 0) is 72.4 Å². The minimum Gasteiger partial charge on any atom is -0.263 e. The van der Waals surface area contributed by atoms with Crippen molar-refractivity contribution in [3.63, 3.8) is 0 Å². The molecular formula is C43H30N2. The molecule has 0 spiro atoms. The molecule has 6 aromatic carbocycles. The van der Waals surface area contributed by atoms with Gasteiger partial charge in [-0.1, -0.05) is 129 Å². The third-order valence-electron chi connectivity index (χ3n) is 9.80. The monoisotopic (exact) mass is 574 g/mol. The quantitative estimate of drug-likeness (QED) is 0.196. The zero-order chi connectivity index (χ0) is 30.1. The van der Waals surface area contributed by atoms with Gasteiger partial charge in [-0.15, -0.1) is 0 Å². The Morgan fingerprint density at radius 3 is 1.76 bits per heavy atom. The number of rotatable bonds is 3. The van der Waals surface area contributed by atoms with E-state index < -0.39 is 0 Å². The van der Waals surface area contributed by atoms with E-state index in [2.05, 4.69) is 146 Å².